The second kappa shape index (κ2) is 24.8. The van der Waals surface area contributed by atoms with Crippen molar-refractivity contribution in [2.75, 3.05) is 52.9 Å². The third-order valence-electron chi connectivity index (χ3n) is 4.48. The Morgan fingerprint density at radius 3 is 0.972 bits per heavy atom. The molecule has 0 saturated heterocycles. The Morgan fingerprint density at radius 1 is 0.389 bits per heavy atom. The maximum Gasteiger partial charge on any atom is 0.115 e. The van der Waals surface area contributed by atoms with Crippen molar-refractivity contribution in [1.82, 2.24) is 0 Å². The van der Waals surface area contributed by atoms with E-state index in [2.05, 4.69) is 0 Å². The van der Waals surface area contributed by atoms with E-state index in [1.54, 1.807) is 0 Å². The Bertz CT molecular complexity index is 748. The second-order valence-corrected chi connectivity index (χ2v) is 7.09. The van der Waals surface area contributed by atoms with E-state index in [-0.39, 0.29) is 91.4 Å². The maximum absolute atomic E-state index is 9.00. The van der Waals surface area contributed by atoms with Crippen molar-refractivity contribution in [3.8, 4) is 36.4 Å². The van der Waals surface area contributed by atoms with E-state index in [0.29, 0.717) is 0 Å². The summed E-state index contributed by atoms with van der Waals surface area (Å²) < 4.78 is 35.0. The Balaban J connectivity index is 6.02. The molecule has 0 aliphatic carbocycles. The molecule has 194 valence electrons. The van der Waals surface area contributed by atoms with Crippen LogP contribution in [0.5, 0.6) is 0 Å². The SMILES string of the molecule is N#CCCOC[C@@H](OCCC#N)[C@@H](OCCC#N)[C@H](OCCC#N)[C@@H](COCCC#N)OCCC#N. The fourth-order valence-corrected chi connectivity index (χ4v) is 2.93. The zero-order valence-electron chi connectivity index (χ0n) is 20.3. The molecule has 12 nitrogen and oxygen atoms in total. The number of nitrogens with zero attached hydrogens (tertiary/aromatic N) is 6. The molecule has 0 fully saturated rings. The molecule has 0 bridgehead atoms. The van der Waals surface area contributed by atoms with E-state index in [1.165, 1.54) is 0 Å². The van der Waals surface area contributed by atoms with Crippen LogP contribution >= 0.6 is 0 Å². The first-order chi connectivity index (χ1) is 17.7. The van der Waals surface area contributed by atoms with Gasteiger partial charge in [0.05, 0.1) is 128 Å². The van der Waals surface area contributed by atoms with E-state index in [9.17, 15) is 0 Å². The number of rotatable bonds is 23. The first-order valence-electron chi connectivity index (χ1n) is 11.5. The van der Waals surface area contributed by atoms with Crippen LogP contribution in [0.1, 0.15) is 38.5 Å². The van der Waals surface area contributed by atoms with Gasteiger partial charge in [-0.2, -0.15) is 31.6 Å². The van der Waals surface area contributed by atoms with Crippen molar-refractivity contribution in [2.45, 2.75) is 62.9 Å². The van der Waals surface area contributed by atoms with Gasteiger partial charge in [0.2, 0.25) is 0 Å². The average Bonchev–Trinajstić information content (AvgIpc) is 2.88. The van der Waals surface area contributed by atoms with Crippen molar-refractivity contribution in [2.24, 2.45) is 0 Å². The molecular formula is C24H32N6O6. The van der Waals surface area contributed by atoms with E-state index in [0.717, 1.165) is 0 Å². The first-order valence-corrected chi connectivity index (χ1v) is 11.5. The van der Waals surface area contributed by atoms with Gasteiger partial charge in [0.15, 0.2) is 0 Å². The van der Waals surface area contributed by atoms with E-state index in [1.807, 2.05) is 36.4 Å². The lowest BCUT2D eigenvalue weighted by Gasteiger charge is -2.37. The molecule has 4 atom stereocenters. The van der Waals surface area contributed by atoms with E-state index >= 15 is 0 Å². The Hall–Kier alpha value is -3.30. The van der Waals surface area contributed by atoms with Crippen molar-refractivity contribution in [3.05, 3.63) is 0 Å². The molecular weight excluding hydrogens is 468 g/mol. The van der Waals surface area contributed by atoms with Gasteiger partial charge in [-0.15, -0.1) is 0 Å². The fraction of sp³-hybridized carbons (Fsp3) is 0.750. The van der Waals surface area contributed by atoms with Crippen molar-refractivity contribution in [3.63, 3.8) is 0 Å². The van der Waals surface area contributed by atoms with Gasteiger partial charge >= 0.3 is 0 Å². The third kappa shape index (κ3) is 16.3. The summed E-state index contributed by atoms with van der Waals surface area (Å²) in [6, 6.07) is 12.0. The van der Waals surface area contributed by atoms with Crippen LogP contribution in [0, 0.1) is 68.0 Å². The fourth-order valence-electron chi connectivity index (χ4n) is 2.93. The van der Waals surface area contributed by atoms with Gasteiger partial charge in [0.1, 0.15) is 24.4 Å². The molecule has 0 heterocycles. The molecule has 0 rings (SSSR count). The quantitative estimate of drug-likeness (QED) is 0.185. The van der Waals surface area contributed by atoms with Crippen LogP contribution in [0.25, 0.3) is 0 Å². The van der Waals surface area contributed by atoms with Crippen LogP contribution in [0.2, 0.25) is 0 Å². The van der Waals surface area contributed by atoms with Crippen LogP contribution < -0.4 is 0 Å². The molecule has 0 aliphatic rings. The smallest absolute Gasteiger partial charge is 0.115 e. The number of ether oxygens (including phenoxy) is 6. The highest BCUT2D eigenvalue weighted by Gasteiger charge is 2.38. The average molecular weight is 501 g/mol. The molecule has 0 saturated carbocycles. The topological polar surface area (TPSA) is 198 Å². The predicted molar refractivity (Wildman–Crippen MR) is 122 cm³/mol. The Kier molecular flexibility index (Phi) is 22.5. The van der Waals surface area contributed by atoms with Gasteiger partial charge in [-0.25, -0.2) is 0 Å². The van der Waals surface area contributed by atoms with Crippen molar-refractivity contribution < 1.29 is 28.4 Å². The molecule has 0 radical (unpaired) electrons. The van der Waals surface area contributed by atoms with Gasteiger partial charge in [-0.3, -0.25) is 0 Å². The van der Waals surface area contributed by atoms with Crippen molar-refractivity contribution in [1.29, 1.82) is 31.6 Å². The minimum atomic E-state index is -0.871. The highest BCUT2D eigenvalue weighted by Crippen LogP contribution is 2.21. The van der Waals surface area contributed by atoms with E-state index < -0.39 is 24.4 Å². The standard InChI is InChI=1S/C24H32N6O6/c25-7-1-13-31-19-21(33-15-3-9-27)23(35-17-5-11-29)24(36-18-6-12-30)22(34-16-4-10-28)20-32-14-2-8-26/h21-24H,1-6,13-20H2/t21-,22-,23-,24-/m1/s1. The molecule has 0 N–H and O–H groups in total. The van der Waals surface area contributed by atoms with Crippen LogP contribution in [-0.4, -0.2) is 77.3 Å². The first kappa shape index (κ1) is 32.7. The van der Waals surface area contributed by atoms with Gasteiger partial charge in [-0.05, 0) is 0 Å². The zero-order chi connectivity index (χ0) is 26.7. The molecule has 0 unspecified atom stereocenters. The van der Waals surface area contributed by atoms with Gasteiger partial charge in [0.25, 0.3) is 0 Å². The lowest BCUT2D eigenvalue weighted by atomic mass is 10.0. The summed E-state index contributed by atoms with van der Waals surface area (Å²) in [5.74, 6) is 0. The summed E-state index contributed by atoms with van der Waals surface area (Å²) in [4.78, 5) is 0. The summed E-state index contributed by atoms with van der Waals surface area (Å²) >= 11 is 0. The van der Waals surface area contributed by atoms with Crippen LogP contribution in [0.3, 0.4) is 0 Å². The molecule has 0 aromatic carbocycles. The van der Waals surface area contributed by atoms with E-state index in [4.69, 9.17) is 60.0 Å². The molecule has 12 heteroatoms. The molecule has 0 aromatic rings. The van der Waals surface area contributed by atoms with Gasteiger partial charge in [0, 0.05) is 0 Å². The summed E-state index contributed by atoms with van der Waals surface area (Å²) in [7, 11) is 0. The molecule has 0 amide bonds. The molecule has 36 heavy (non-hydrogen) atoms. The number of hydrogen-bond acceptors (Lipinski definition) is 12. The molecule has 0 aromatic heterocycles. The normalized spacial score (nSPS) is 13.5. The minimum Gasteiger partial charge on any atom is -0.378 e. The summed E-state index contributed by atoms with van der Waals surface area (Å²) in [6.45, 7) is 0.531. The highest BCUT2D eigenvalue weighted by atomic mass is 16.6. The van der Waals surface area contributed by atoms with Crippen LogP contribution in [-0.2, 0) is 28.4 Å². The Labute approximate surface area is 212 Å². The maximum atomic E-state index is 9.00. The largest absolute Gasteiger partial charge is 0.378 e. The van der Waals surface area contributed by atoms with Crippen molar-refractivity contribution >= 4 is 0 Å². The lowest BCUT2D eigenvalue weighted by Crippen LogP contribution is -2.52. The van der Waals surface area contributed by atoms with Gasteiger partial charge < -0.3 is 28.4 Å². The minimum absolute atomic E-state index is 0.00262. The molecule has 0 aliphatic heterocycles. The number of hydrogen-bond donors (Lipinski definition) is 0. The lowest BCUT2D eigenvalue weighted by molar-refractivity contribution is -0.195. The summed E-state index contributed by atoms with van der Waals surface area (Å²) in [5.41, 5.74) is 0. The molecule has 0 spiro atoms. The number of nitriles is 6. The highest BCUT2D eigenvalue weighted by molar-refractivity contribution is 4.88. The Morgan fingerprint density at radius 2 is 0.667 bits per heavy atom. The van der Waals surface area contributed by atoms with Crippen LogP contribution in [0.15, 0.2) is 0 Å². The summed E-state index contributed by atoms with van der Waals surface area (Å²) in [5, 5.41) is 53.4. The monoisotopic (exact) mass is 500 g/mol. The van der Waals surface area contributed by atoms with Gasteiger partial charge in [-0.1, -0.05) is 0 Å². The second-order valence-electron chi connectivity index (χ2n) is 7.09. The van der Waals surface area contributed by atoms with Crippen LogP contribution in [0.4, 0.5) is 0 Å². The summed E-state index contributed by atoms with van der Waals surface area (Å²) in [6.07, 6.45) is -2.57. The zero-order valence-corrected chi connectivity index (χ0v) is 20.3. The third-order valence-corrected chi connectivity index (χ3v) is 4.48. The predicted octanol–water partition coefficient (Wildman–Crippen LogP) is 2.04.